The molecule has 6 nitrogen and oxygen atoms in total. The van der Waals surface area contributed by atoms with E-state index < -0.39 is 11.6 Å². The molecule has 0 unspecified atom stereocenters. The highest BCUT2D eigenvalue weighted by molar-refractivity contribution is 5.93. The fourth-order valence-corrected chi connectivity index (χ4v) is 3.18. The Bertz CT molecular complexity index is 784. The van der Waals surface area contributed by atoms with E-state index in [1.807, 2.05) is 0 Å². The van der Waals surface area contributed by atoms with E-state index in [1.165, 1.54) is 16.8 Å². The largest absolute Gasteiger partial charge is 0.348 e. The molecule has 2 heterocycles. The number of amides is 1. The van der Waals surface area contributed by atoms with Crippen LogP contribution >= 0.6 is 0 Å². The van der Waals surface area contributed by atoms with E-state index in [1.54, 1.807) is 6.92 Å². The molecular weight excluding hydrogens is 340 g/mol. The molecule has 3 rings (SSSR count). The minimum Gasteiger partial charge on any atom is -0.348 e. The van der Waals surface area contributed by atoms with Gasteiger partial charge in [0.15, 0.2) is 5.69 Å². The van der Waals surface area contributed by atoms with Gasteiger partial charge in [0.1, 0.15) is 11.6 Å². The van der Waals surface area contributed by atoms with Crippen LogP contribution in [-0.4, -0.2) is 51.5 Å². The molecule has 1 aliphatic heterocycles. The number of hydrogen-bond donors (Lipinski definition) is 1. The van der Waals surface area contributed by atoms with Crippen LogP contribution in [0.1, 0.15) is 41.5 Å². The van der Waals surface area contributed by atoms with Crippen LogP contribution in [0.5, 0.6) is 0 Å². The van der Waals surface area contributed by atoms with E-state index in [0.717, 1.165) is 38.5 Å². The summed E-state index contributed by atoms with van der Waals surface area (Å²) in [6.07, 6.45) is 1.82. The summed E-state index contributed by atoms with van der Waals surface area (Å²) in [7, 11) is 0. The van der Waals surface area contributed by atoms with Gasteiger partial charge in [0.2, 0.25) is 0 Å². The van der Waals surface area contributed by atoms with Crippen molar-refractivity contribution in [2.24, 2.45) is 0 Å². The predicted octanol–water partition coefficient (Wildman–Crippen LogP) is 2.13. The highest BCUT2D eigenvalue weighted by atomic mass is 19.1. The number of piperidine rings is 1. The van der Waals surface area contributed by atoms with Crippen molar-refractivity contribution < 1.29 is 13.6 Å². The number of rotatable bonds is 5. The van der Waals surface area contributed by atoms with Crippen LogP contribution in [0.15, 0.2) is 18.2 Å². The quantitative estimate of drug-likeness (QED) is 0.884. The number of halogens is 2. The third-order valence-electron chi connectivity index (χ3n) is 4.90. The minimum absolute atomic E-state index is 0.0904. The van der Waals surface area contributed by atoms with Crippen molar-refractivity contribution in [3.8, 4) is 0 Å². The Labute approximate surface area is 151 Å². The van der Waals surface area contributed by atoms with Gasteiger partial charge in [-0.25, -0.2) is 13.5 Å². The number of likely N-dealkylation sites (tertiary alicyclic amines) is 1. The zero-order chi connectivity index (χ0) is 18.7. The molecule has 26 heavy (non-hydrogen) atoms. The summed E-state index contributed by atoms with van der Waals surface area (Å²) < 4.78 is 28.3. The zero-order valence-corrected chi connectivity index (χ0v) is 15.0. The number of carbonyl (C=O) groups is 1. The van der Waals surface area contributed by atoms with E-state index in [0.29, 0.717) is 11.3 Å². The molecule has 1 aromatic carbocycles. The second kappa shape index (κ2) is 7.90. The third-order valence-corrected chi connectivity index (χ3v) is 4.90. The van der Waals surface area contributed by atoms with Gasteiger partial charge >= 0.3 is 0 Å². The molecule has 0 spiro atoms. The van der Waals surface area contributed by atoms with Gasteiger partial charge < -0.3 is 10.2 Å². The Hall–Kier alpha value is -2.35. The van der Waals surface area contributed by atoms with Crippen LogP contribution in [0.25, 0.3) is 0 Å². The highest BCUT2D eigenvalue weighted by Crippen LogP contribution is 2.14. The van der Waals surface area contributed by atoms with Crippen LogP contribution in [0.3, 0.4) is 0 Å². The van der Waals surface area contributed by atoms with Crippen molar-refractivity contribution in [2.75, 3.05) is 19.6 Å². The lowest BCUT2D eigenvalue weighted by atomic mass is 10.0. The molecule has 0 saturated carbocycles. The second-order valence-electron chi connectivity index (χ2n) is 6.60. The van der Waals surface area contributed by atoms with Crippen LogP contribution in [0, 0.1) is 18.6 Å². The summed E-state index contributed by atoms with van der Waals surface area (Å²) in [6, 6.07) is 3.52. The van der Waals surface area contributed by atoms with Gasteiger partial charge in [-0.2, -0.15) is 0 Å². The molecule has 1 amide bonds. The fourth-order valence-electron chi connectivity index (χ4n) is 3.18. The predicted molar refractivity (Wildman–Crippen MR) is 92.8 cm³/mol. The Kier molecular flexibility index (Phi) is 5.61. The number of nitrogens with one attached hydrogen (secondary N) is 1. The number of nitrogens with zero attached hydrogens (tertiary/aromatic N) is 4. The van der Waals surface area contributed by atoms with Gasteiger partial charge in [0, 0.05) is 30.8 Å². The van der Waals surface area contributed by atoms with E-state index in [2.05, 4.69) is 27.5 Å². The third kappa shape index (κ3) is 4.07. The SMILES string of the molecule is CCN1CCC(NC(=O)c2nnn(Cc3ccc(F)cc3F)c2C)CC1. The Morgan fingerprint density at radius 3 is 2.69 bits per heavy atom. The summed E-state index contributed by atoms with van der Waals surface area (Å²) in [5.74, 6) is -1.53. The molecule has 1 aliphatic rings. The first-order valence-electron chi connectivity index (χ1n) is 8.85. The fraction of sp³-hybridized carbons (Fsp3) is 0.500. The van der Waals surface area contributed by atoms with E-state index >= 15 is 0 Å². The van der Waals surface area contributed by atoms with Gasteiger partial charge in [-0.1, -0.05) is 18.2 Å². The summed E-state index contributed by atoms with van der Waals surface area (Å²) in [5, 5.41) is 10.9. The molecular formula is C18H23F2N5O. The molecule has 1 saturated heterocycles. The van der Waals surface area contributed by atoms with Crippen LogP contribution in [-0.2, 0) is 6.54 Å². The average molecular weight is 363 g/mol. The summed E-state index contributed by atoms with van der Waals surface area (Å²) in [5.41, 5.74) is 1.08. The van der Waals surface area contributed by atoms with Crippen molar-refractivity contribution in [2.45, 2.75) is 39.3 Å². The smallest absolute Gasteiger partial charge is 0.273 e. The lowest BCUT2D eigenvalue weighted by molar-refractivity contribution is 0.0907. The Morgan fingerprint density at radius 2 is 2.04 bits per heavy atom. The van der Waals surface area contributed by atoms with E-state index in [4.69, 9.17) is 0 Å². The van der Waals surface area contributed by atoms with Crippen molar-refractivity contribution in [3.63, 3.8) is 0 Å². The average Bonchev–Trinajstić information content (AvgIpc) is 2.99. The zero-order valence-electron chi connectivity index (χ0n) is 15.0. The van der Waals surface area contributed by atoms with E-state index in [9.17, 15) is 13.6 Å². The number of benzene rings is 1. The standard InChI is InChI=1S/C18H23F2N5O/c1-3-24-8-6-15(7-9-24)21-18(26)17-12(2)25(23-22-17)11-13-4-5-14(19)10-16(13)20/h4-5,10,15H,3,6-9,11H2,1-2H3,(H,21,26). The van der Waals surface area contributed by atoms with Crippen LogP contribution < -0.4 is 5.32 Å². The molecule has 1 fully saturated rings. The van der Waals surface area contributed by atoms with Gasteiger partial charge in [0.25, 0.3) is 5.91 Å². The van der Waals surface area contributed by atoms with Gasteiger partial charge in [-0.15, -0.1) is 5.10 Å². The molecule has 140 valence electrons. The van der Waals surface area contributed by atoms with Gasteiger partial charge in [-0.05, 0) is 32.4 Å². The Balaban J connectivity index is 1.65. The van der Waals surface area contributed by atoms with Gasteiger partial charge in [-0.3, -0.25) is 4.79 Å². The first kappa shape index (κ1) is 18.4. The number of hydrogen-bond acceptors (Lipinski definition) is 4. The highest BCUT2D eigenvalue weighted by Gasteiger charge is 2.23. The molecule has 0 bridgehead atoms. The molecule has 0 radical (unpaired) electrons. The molecule has 8 heteroatoms. The Morgan fingerprint density at radius 1 is 1.31 bits per heavy atom. The lowest BCUT2D eigenvalue weighted by Crippen LogP contribution is -2.44. The maximum Gasteiger partial charge on any atom is 0.273 e. The van der Waals surface area contributed by atoms with Crippen LogP contribution in [0.4, 0.5) is 8.78 Å². The van der Waals surface area contributed by atoms with Crippen LogP contribution in [0.2, 0.25) is 0 Å². The number of aromatic nitrogens is 3. The normalized spacial score (nSPS) is 16.0. The first-order valence-corrected chi connectivity index (χ1v) is 8.85. The summed E-state index contributed by atoms with van der Waals surface area (Å²) in [4.78, 5) is 14.8. The molecule has 1 aromatic heterocycles. The van der Waals surface area contributed by atoms with Crippen molar-refractivity contribution >= 4 is 5.91 Å². The summed E-state index contributed by atoms with van der Waals surface area (Å²) >= 11 is 0. The monoisotopic (exact) mass is 363 g/mol. The molecule has 1 N–H and O–H groups in total. The molecule has 2 aromatic rings. The minimum atomic E-state index is -0.645. The molecule has 0 atom stereocenters. The van der Waals surface area contributed by atoms with Gasteiger partial charge in [0.05, 0.1) is 12.2 Å². The van der Waals surface area contributed by atoms with Crippen molar-refractivity contribution in [3.05, 3.63) is 46.8 Å². The topological polar surface area (TPSA) is 63.1 Å². The van der Waals surface area contributed by atoms with E-state index in [-0.39, 0.29) is 24.2 Å². The van der Waals surface area contributed by atoms with Crippen molar-refractivity contribution in [1.82, 2.24) is 25.2 Å². The first-order chi connectivity index (χ1) is 12.5. The second-order valence-corrected chi connectivity index (χ2v) is 6.60. The maximum atomic E-state index is 13.8. The lowest BCUT2D eigenvalue weighted by Gasteiger charge is -2.31. The molecule has 0 aliphatic carbocycles. The maximum absolute atomic E-state index is 13.8. The number of carbonyl (C=O) groups excluding carboxylic acids is 1. The summed E-state index contributed by atoms with van der Waals surface area (Å²) in [6.45, 7) is 6.90. The van der Waals surface area contributed by atoms with Crippen molar-refractivity contribution in [1.29, 1.82) is 0 Å².